The number of piperidine rings is 1. The molecule has 29 heavy (non-hydrogen) atoms. The predicted molar refractivity (Wildman–Crippen MR) is 113 cm³/mol. The lowest BCUT2D eigenvalue weighted by atomic mass is 9.97. The number of carbonyl (C=O) groups is 1. The van der Waals surface area contributed by atoms with Gasteiger partial charge in [0.2, 0.25) is 15.9 Å². The summed E-state index contributed by atoms with van der Waals surface area (Å²) in [5.41, 5.74) is 2.72. The van der Waals surface area contributed by atoms with Crippen LogP contribution >= 0.6 is 0 Å². The first kappa shape index (κ1) is 21.3. The third-order valence-corrected chi connectivity index (χ3v) is 7.29. The van der Waals surface area contributed by atoms with E-state index in [1.54, 1.807) is 7.11 Å². The van der Waals surface area contributed by atoms with Gasteiger partial charge >= 0.3 is 0 Å². The van der Waals surface area contributed by atoms with E-state index in [9.17, 15) is 13.2 Å². The van der Waals surface area contributed by atoms with Gasteiger partial charge in [0.15, 0.2) is 0 Å². The van der Waals surface area contributed by atoms with Crippen molar-refractivity contribution in [2.24, 2.45) is 5.92 Å². The first-order valence-electron chi connectivity index (χ1n) is 9.82. The number of nitrogens with one attached hydrogen (secondary N) is 1. The highest BCUT2D eigenvalue weighted by Crippen LogP contribution is 2.23. The van der Waals surface area contributed by atoms with Crippen molar-refractivity contribution < 1.29 is 17.9 Å². The van der Waals surface area contributed by atoms with Crippen LogP contribution in [0.4, 0.5) is 0 Å². The number of rotatable bonds is 7. The average Bonchev–Trinajstić information content (AvgIpc) is 2.74. The molecule has 2 aromatic carbocycles. The van der Waals surface area contributed by atoms with Crippen LogP contribution in [0.25, 0.3) is 0 Å². The van der Waals surface area contributed by atoms with Crippen molar-refractivity contribution in [1.29, 1.82) is 0 Å². The van der Waals surface area contributed by atoms with Gasteiger partial charge in [-0.25, -0.2) is 12.7 Å². The van der Waals surface area contributed by atoms with Crippen molar-refractivity contribution in [3.8, 4) is 5.75 Å². The fraction of sp³-hybridized carbons (Fsp3) is 0.409. The molecule has 156 valence electrons. The number of carbonyl (C=O) groups excluding carboxylic acids is 1. The molecular weight excluding hydrogens is 388 g/mol. The summed E-state index contributed by atoms with van der Waals surface area (Å²) >= 11 is 0. The van der Waals surface area contributed by atoms with Gasteiger partial charge in [-0.1, -0.05) is 42.5 Å². The molecule has 1 saturated heterocycles. The van der Waals surface area contributed by atoms with E-state index in [1.807, 2.05) is 55.5 Å². The van der Waals surface area contributed by atoms with Crippen molar-refractivity contribution in [1.82, 2.24) is 9.62 Å². The van der Waals surface area contributed by atoms with E-state index in [-0.39, 0.29) is 17.6 Å². The normalized spacial score (nSPS) is 15.8. The number of sulfonamides is 1. The van der Waals surface area contributed by atoms with Crippen molar-refractivity contribution in [3.05, 3.63) is 65.2 Å². The van der Waals surface area contributed by atoms with Crippen LogP contribution in [0.3, 0.4) is 0 Å². The van der Waals surface area contributed by atoms with E-state index in [1.165, 1.54) is 4.31 Å². The number of hydrogen-bond acceptors (Lipinski definition) is 4. The number of benzene rings is 2. The topological polar surface area (TPSA) is 75.7 Å². The quantitative estimate of drug-likeness (QED) is 0.753. The molecule has 1 N–H and O–H groups in total. The molecule has 0 unspecified atom stereocenters. The summed E-state index contributed by atoms with van der Waals surface area (Å²) in [5.74, 6) is 0.538. The van der Waals surface area contributed by atoms with Crippen LogP contribution in [0.15, 0.2) is 48.5 Å². The molecule has 1 aliphatic heterocycles. The Hall–Kier alpha value is -2.38. The maximum absolute atomic E-state index is 12.8. The van der Waals surface area contributed by atoms with Gasteiger partial charge in [-0.3, -0.25) is 4.79 Å². The second-order valence-corrected chi connectivity index (χ2v) is 9.35. The number of para-hydroxylation sites is 1. The predicted octanol–water partition coefficient (Wildman–Crippen LogP) is 2.86. The zero-order chi connectivity index (χ0) is 20.9. The molecule has 1 aliphatic rings. The first-order valence-corrected chi connectivity index (χ1v) is 11.4. The van der Waals surface area contributed by atoms with Crippen LogP contribution in [-0.4, -0.2) is 38.8 Å². The van der Waals surface area contributed by atoms with Gasteiger partial charge < -0.3 is 10.1 Å². The summed E-state index contributed by atoms with van der Waals surface area (Å²) in [5, 5.41) is 2.96. The summed E-state index contributed by atoms with van der Waals surface area (Å²) < 4.78 is 32.4. The minimum atomic E-state index is -3.39. The summed E-state index contributed by atoms with van der Waals surface area (Å²) in [7, 11) is -1.78. The lowest BCUT2D eigenvalue weighted by Crippen LogP contribution is -2.43. The van der Waals surface area contributed by atoms with Gasteiger partial charge in [-0.05, 0) is 37.0 Å². The number of ether oxygens (including phenoxy) is 1. The van der Waals surface area contributed by atoms with Gasteiger partial charge in [0, 0.05) is 31.1 Å². The number of amides is 1. The van der Waals surface area contributed by atoms with Crippen LogP contribution in [0.5, 0.6) is 5.75 Å². The van der Waals surface area contributed by atoms with E-state index >= 15 is 0 Å². The Morgan fingerprint density at radius 1 is 1.07 bits per heavy atom. The lowest BCUT2D eigenvalue weighted by Gasteiger charge is -2.30. The Balaban J connectivity index is 1.53. The maximum atomic E-state index is 12.8. The minimum Gasteiger partial charge on any atom is -0.496 e. The fourth-order valence-corrected chi connectivity index (χ4v) is 5.30. The SMILES string of the molecule is COc1ccccc1CNC(=O)C1CCN(S(=O)(=O)Cc2ccccc2C)CC1. The van der Waals surface area contributed by atoms with Gasteiger partial charge in [0.1, 0.15) is 5.75 Å². The van der Waals surface area contributed by atoms with Crippen molar-refractivity contribution in [2.45, 2.75) is 32.1 Å². The molecule has 0 bridgehead atoms. The summed E-state index contributed by atoms with van der Waals surface area (Å²) in [6.45, 7) is 3.07. The molecule has 0 spiro atoms. The molecule has 1 amide bonds. The Kier molecular flexibility index (Phi) is 6.92. The Morgan fingerprint density at radius 3 is 2.34 bits per heavy atom. The highest BCUT2D eigenvalue weighted by molar-refractivity contribution is 7.88. The molecule has 0 radical (unpaired) electrons. The van der Waals surface area contributed by atoms with E-state index in [0.717, 1.165) is 22.4 Å². The van der Waals surface area contributed by atoms with Crippen LogP contribution in [0.1, 0.15) is 29.5 Å². The number of methoxy groups -OCH3 is 1. The zero-order valence-corrected chi connectivity index (χ0v) is 17.7. The molecule has 0 aromatic heterocycles. The molecule has 1 fully saturated rings. The van der Waals surface area contributed by atoms with Crippen molar-refractivity contribution in [3.63, 3.8) is 0 Å². The van der Waals surface area contributed by atoms with E-state index in [2.05, 4.69) is 5.32 Å². The third-order valence-electron chi connectivity index (χ3n) is 5.46. The van der Waals surface area contributed by atoms with Crippen LogP contribution < -0.4 is 10.1 Å². The van der Waals surface area contributed by atoms with Crippen LogP contribution in [0, 0.1) is 12.8 Å². The van der Waals surface area contributed by atoms with E-state index in [4.69, 9.17) is 4.74 Å². The van der Waals surface area contributed by atoms with Crippen LogP contribution in [0.2, 0.25) is 0 Å². The fourth-order valence-electron chi connectivity index (χ4n) is 3.63. The van der Waals surface area contributed by atoms with E-state index in [0.29, 0.717) is 32.5 Å². The molecule has 3 rings (SSSR count). The summed E-state index contributed by atoms with van der Waals surface area (Å²) in [4.78, 5) is 12.5. The van der Waals surface area contributed by atoms with Gasteiger partial charge in [0.05, 0.1) is 12.9 Å². The summed E-state index contributed by atoms with van der Waals surface area (Å²) in [6, 6.07) is 15.1. The standard InChI is InChI=1S/C22H28N2O4S/c1-17-7-3-4-9-20(17)16-29(26,27)24-13-11-18(12-14-24)22(25)23-15-19-8-5-6-10-21(19)28-2/h3-10,18H,11-16H2,1-2H3,(H,23,25). The Morgan fingerprint density at radius 2 is 1.69 bits per heavy atom. The number of hydrogen-bond donors (Lipinski definition) is 1. The highest BCUT2D eigenvalue weighted by Gasteiger charge is 2.31. The molecule has 1 heterocycles. The average molecular weight is 417 g/mol. The second-order valence-electron chi connectivity index (χ2n) is 7.39. The maximum Gasteiger partial charge on any atom is 0.223 e. The van der Waals surface area contributed by atoms with Crippen LogP contribution in [-0.2, 0) is 27.1 Å². The van der Waals surface area contributed by atoms with E-state index < -0.39 is 10.0 Å². The molecule has 0 atom stereocenters. The van der Waals surface area contributed by atoms with Gasteiger partial charge in [0.25, 0.3) is 0 Å². The van der Waals surface area contributed by atoms with Gasteiger partial charge in [-0.2, -0.15) is 0 Å². The monoisotopic (exact) mass is 416 g/mol. The molecule has 7 heteroatoms. The number of aryl methyl sites for hydroxylation is 1. The summed E-state index contributed by atoms with van der Waals surface area (Å²) in [6.07, 6.45) is 1.06. The zero-order valence-electron chi connectivity index (χ0n) is 16.9. The Labute approximate surface area is 172 Å². The third kappa shape index (κ3) is 5.36. The second kappa shape index (κ2) is 9.41. The molecule has 0 aliphatic carbocycles. The molecule has 2 aromatic rings. The van der Waals surface area contributed by atoms with Gasteiger partial charge in [-0.15, -0.1) is 0 Å². The smallest absolute Gasteiger partial charge is 0.223 e. The Bertz CT molecular complexity index is 951. The highest BCUT2D eigenvalue weighted by atomic mass is 32.2. The molecule has 0 saturated carbocycles. The largest absolute Gasteiger partial charge is 0.496 e. The number of nitrogens with zero attached hydrogens (tertiary/aromatic N) is 1. The molecule has 6 nitrogen and oxygen atoms in total. The lowest BCUT2D eigenvalue weighted by molar-refractivity contribution is -0.126. The molecular formula is C22H28N2O4S. The minimum absolute atomic E-state index is 0.00430. The van der Waals surface area contributed by atoms with Crippen molar-refractivity contribution >= 4 is 15.9 Å². The van der Waals surface area contributed by atoms with Crippen molar-refractivity contribution in [2.75, 3.05) is 20.2 Å². The first-order chi connectivity index (χ1) is 13.9.